The molecule has 2 aliphatic heterocycles. The minimum atomic E-state index is 0.549. The highest BCUT2D eigenvalue weighted by Gasteiger charge is 2.12. The van der Waals surface area contributed by atoms with E-state index in [1.165, 1.54) is 37.1 Å². The molecule has 3 aromatic rings. The largest absolute Gasteiger partial charge is 0.492 e. The first-order valence-electron chi connectivity index (χ1n) is 11.6. The Labute approximate surface area is 194 Å². The van der Waals surface area contributed by atoms with Crippen LogP contribution in [0, 0.1) is 6.92 Å². The van der Waals surface area contributed by atoms with Crippen LogP contribution in [0.4, 0.5) is 23.1 Å². The van der Waals surface area contributed by atoms with Crippen molar-refractivity contribution in [3.8, 4) is 5.75 Å². The minimum Gasteiger partial charge on any atom is -0.492 e. The van der Waals surface area contributed by atoms with Gasteiger partial charge in [-0.1, -0.05) is 12.1 Å². The maximum absolute atomic E-state index is 5.90. The summed E-state index contributed by atoms with van der Waals surface area (Å²) in [6.45, 7) is 6.93. The van der Waals surface area contributed by atoms with Gasteiger partial charge < -0.3 is 20.7 Å². The molecule has 0 saturated carbocycles. The zero-order valence-electron chi connectivity index (χ0n) is 19.0. The second-order valence-corrected chi connectivity index (χ2v) is 8.49. The maximum atomic E-state index is 5.90. The van der Waals surface area contributed by atoms with Crippen molar-refractivity contribution in [2.75, 3.05) is 36.9 Å². The predicted octanol–water partition coefficient (Wildman–Crippen LogP) is 4.82. The number of nitrogens with zero attached hydrogens (tertiary/aromatic N) is 3. The zero-order valence-corrected chi connectivity index (χ0v) is 19.0. The molecule has 0 radical (unpaired) electrons. The second-order valence-electron chi connectivity index (χ2n) is 8.49. The summed E-state index contributed by atoms with van der Waals surface area (Å²) < 4.78 is 5.90. The van der Waals surface area contributed by atoms with Crippen LogP contribution in [0.2, 0.25) is 0 Å². The van der Waals surface area contributed by atoms with E-state index in [-0.39, 0.29) is 0 Å². The smallest absolute Gasteiger partial charge is 0.229 e. The monoisotopic (exact) mass is 442 g/mol. The quantitative estimate of drug-likeness (QED) is 0.462. The van der Waals surface area contributed by atoms with Crippen molar-refractivity contribution in [1.82, 2.24) is 20.2 Å². The molecule has 3 N–H and O–H groups in total. The molecular formula is C26H30N6O. The number of aryl methyl sites for hydroxylation is 1. The van der Waals surface area contributed by atoms with Gasteiger partial charge in [-0.25, -0.2) is 4.98 Å². The lowest BCUT2D eigenvalue weighted by Crippen LogP contribution is -2.25. The van der Waals surface area contributed by atoms with Crippen molar-refractivity contribution in [2.45, 2.75) is 26.3 Å². The van der Waals surface area contributed by atoms with Gasteiger partial charge in [-0.3, -0.25) is 4.90 Å². The first-order chi connectivity index (χ1) is 16.2. The fraction of sp³-hybridized carbons (Fsp3) is 0.308. The summed E-state index contributed by atoms with van der Waals surface area (Å²) in [6, 6.07) is 14.2. The number of aromatic nitrogens is 2. The molecule has 0 amide bonds. The second kappa shape index (κ2) is 9.92. The number of hydrogen-bond donors (Lipinski definition) is 3. The van der Waals surface area contributed by atoms with Crippen molar-refractivity contribution in [2.24, 2.45) is 0 Å². The predicted molar refractivity (Wildman–Crippen MR) is 133 cm³/mol. The van der Waals surface area contributed by atoms with Crippen molar-refractivity contribution in [3.63, 3.8) is 0 Å². The number of hydrogen-bond acceptors (Lipinski definition) is 7. The van der Waals surface area contributed by atoms with Crippen molar-refractivity contribution < 1.29 is 4.74 Å². The first-order valence-corrected chi connectivity index (χ1v) is 11.6. The van der Waals surface area contributed by atoms with E-state index in [0.717, 1.165) is 48.2 Å². The average Bonchev–Trinajstić information content (AvgIpc) is 3.36. The molecule has 0 spiro atoms. The van der Waals surface area contributed by atoms with Crippen LogP contribution in [0.15, 0.2) is 54.9 Å². The van der Waals surface area contributed by atoms with Crippen LogP contribution in [0.1, 0.15) is 29.5 Å². The number of benzene rings is 2. The Morgan fingerprint density at radius 3 is 2.76 bits per heavy atom. The third-order valence-electron chi connectivity index (χ3n) is 6.07. The van der Waals surface area contributed by atoms with Crippen LogP contribution < -0.4 is 20.7 Å². The van der Waals surface area contributed by atoms with Crippen molar-refractivity contribution in [1.29, 1.82) is 0 Å². The molecule has 1 fully saturated rings. The molecule has 170 valence electrons. The van der Waals surface area contributed by atoms with Gasteiger partial charge in [0.2, 0.25) is 5.95 Å². The standard InChI is InChI=1S/C26H30N6O/c1-19-17-28-26(31-25(19)30-24-6-4-5-20-18-27-12-11-23(20)24)29-21-7-9-22(10-8-21)33-16-15-32-13-2-3-14-32/h4-12,17,27H,2-3,13-16,18H2,1H3,(H2,28,29,30,31). The lowest BCUT2D eigenvalue weighted by molar-refractivity contribution is 0.238. The Morgan fingerprint density at radius 2 is 1.91 bits per heavy atom. The Balaban J connectivity index is 1.23. The SMILES string of the molecule is Cc1cnc(Nc2ccc(OCCN3CCCC3)cc2)nc1Nc1cccc2c1C=CNC2. The zero-order chi connectivity index (χ0) is 22.5. The topological polar surface area (TPSA) is 74.3 Å². The Hall–Kier alpha value is -3.58. The molecular weight excluding hydrogens is 412 g/mol. The third kappa shape index (κ3) is 5.26. The van der Waals surface area contributed by atoms with Crippen LogP contribution in [0.3, 0.4) is 0 Å². The van der Waals surface area contributed by atoms with Crippen LogP contribution in [-0.4, -0.2) is 41.1 Å². The first kappa shape index (κ1) is 21.3. The average molecular weight is 443 g/mol. The van der Waals surface area contributed by atoms with Gasteiger partial charge in [0, 0.05) is 41.8 Å². The van der Waals surface area contributed by atoms with Crippen molar-refractivity contribution in [3.05, 3.63) is 71.6 Å². The van der Waals surface area contributed by atoms with E-state index in [9.17, 15) is 0 Å². The number of anilines is 4. The minimum absolute atomic E-state index is 0.549. The van der Waals surface area contributed by atoms with Crippen LogP contribution in [0.5, 0.6) is 5.75 Å². The molecule has 1 saturated heterocycles. The lowest BCUT2D eigenvalue weighted by atomic mass is 10.0. The van der Waals surface area contributed by atoms with E-state index in [4.69, 9.17) is 9.72 Å². The van der Waals surface area contributed by atoms with E-state index in [0.29, 0.717) is 5.95 Å². The number of ether oxygens (including phenoxy) is 1. The van der Waals surface area contributed by atoms with Crippen molar-refractivity contribution >= 4 is 29.2 Å². The van der Waals surface area contributed by atoms with E-state index >= 15 is 0 Å². The Morgan fingerprint density at radius 1 is 1.06 bits per heavy atom. The summed E-state index contributed by atoms with van der Waals surface area (Å²) in [4.78, 5) is 11.6. The van der Waals surface area contributed by atoms with Crippen LogP contribution in [0.25, 0.3) is 6.08 Å². The highest BCUT2D eigenvalue weighted by atomic mass is 16.5. The fourth-order valence-electron chi connectivity index (χ4n) is 4.20. The van der Waals surface area contributed by atoms with Crippen LogP contribution >= 0.6 is 0 Å². The summed E-state index contributed by atoms with van der Waals surface area (Å²) in [5.74, 6) is 2.21. The summed E-state index contributed by atoms with van der Waals surface area (Å²) in [5, 5.41) is 10.0. The molecule has 7 heteroatoms. The highest BCUT2D eigenvalue weighted by Crippen LogP contribution is 2.28. The van der Waals surface area contributed by atoms with Gasteiger partial charge in [0.1, 0.15) is 18.2 Å². The normalized spacial score (nSPS) is 15.1. The fourth-order valence-corrected chi connectivity index (χ4v) is 4.20. The summed E-state index contributed by atoms with van der Waals surface area (Å²) in [5.41, 5.74) is 5.38. The van der Waals surface area contributed by atoms with Gasteiger partial charge >= 0.3 is 0 Å². The molecule has 1 aromatic heterocycles. The van der Waals surface area contributed by atoms with Gasteiger partial charge in [0.15, 0.2) is 0 Å². The van der Waals surface area contributed by atoms with Gasteiger partial charge in [-0.05, 0) is 81.0 Å². The van der Waals surface area contributed by atoms with E-state index < -0.39 is 0 Å². The number of nitrogens with one attached hydrogen (secondary N) is 3. The highest BCUT2D eigenvalue weighted by molar-refractivity contribution is 5.75. The number of rotatable bonds is 8. The van der Waals surface area contributed by atoms with Gasteiger partial charge in [0.25, 0.3) is 0 Å². The van der Waals surface area contributed by atoms with E-state index in [1.54, 1.807) is 0 Å². The summed E-state index contributed by atoms with van der Waals surface area (Å²) >= 11 is 0. The van der Waals surface area contributed by atoms with E-state index in [1.807, 2.05) is 43.6 Å². The summed E-state index contributed by atoms with van der Waals surface area (Å²) in [6.07, 6.45) is 8.51. The number of fused-ring (bicyclic) bond motifs is 1. The van der Waals surface area contributed by atoms with E-state index in [2.05, 4.69) is 50.1 Å². The van der Waals surface area contributed by atoms with Gasteiger partial charge in [0.05, 0.1) is 0 Å². The molecule has 33 heavy (non-hydrogen) atoms. The van der Waals surface area contributed by atoms with Gasteiger partial charge in [-0.15, -0.1) is 0 Å². The lowest BCUT2D eigenvalue weighted by Gasteiger charge is -2.18. The molecule has 7 nitrogen and oxygen atoms in total. The molecule has 3 heterocycles. The molecule has 2 aromatic carbocycles. The molecule has 5 rings (SSSR count). The third-order valence-corrected chi connectivity index (χ3v) is 6.07. The number of likely N-dealkylation sites (tertiary alicyclic amines) is 1. The van der Waals surface area contributed by atoms with Gasteiger partial charge in [-0.2, -0.15) is 4.98 Å². The molecule has 0 unspecified atom stereocenters. The molecule has 0 atom stereocenters. The Bertz CT molecular complexity index is 1120. The van der Waals surface area contributed by atoms with Crippen LogP contribution in [-0.2, 0) is 6.54 Å². The maximum Gasteiger partial charge on any atom is 0.229 e. The Kier molecular flexibility index (Phi) is 6.39. The molecule has 2 aliphatic rings. The molecule has 0 aliphatic carbocycles. The molecule has 0 bridgehead atoms. The summed E-state index contributed by atoms with van der Waals surface area (Å²) in [7, 11) is 0.